The maximum absolute atomic E-state index is 11.5. The van der Waals surface area contributed by atoms with Crippen LogP contribution in [0.4, 0.5) is 5.69 Å². The van der Waals surface area contributed by atoms with Gasteiger partial charge in [0.1, 0.15) is 0 Å². The Hall–Kier alpha value is -1.06. The van der Waals surface area contributed by atoms with Crippen LogP contribution >= 0.6 is 11.6 Å². The number of rotatable bonds is 1. The molecule has 1 N–H and O–H groups in total. The number of amides is 1. The van der Waals surface area contributed by atoms with Gasteiger partial charge < -0.3 is 0 Å². The van der Waals surface area contributed by atoms with Crippen molar-refractivity contribution in [1.82, 2.24) is 5.43 Å². The predicted octanol–water partition coefficient (Wildman–Crippen LogP) is 1.97. The number of carbonyl (C=O) groups excluding carboxylic acids is 1. The molecule has 74 valence electrons. The lowest BCUT2D eigenvalue weighted by Gasteiger charge is -2.27. The number of hydrogen-bond donors (Lipinski definition) is 1. The summed E-state index contributed by atoms with van der Waals surface area (Å²) in [5.74, 6) is 0.0958. The minimum atomic E-state index is 0.0958. The smallest absolute Gasteiger partial charge is 0.241 e. The zero-order chi connectivity index (χ0) is 9.97. The van der Waals surface area contributed by atoms with Gasteiger partial charge in [0, 0.05) is 18.0 Å². The average Bonchev–Trinajstić information content (AvgIpc) is 2.18. The Bertz CT molecular complexity index is 354. The molecule has 1 heterocycles. The van der Waals surface area contributed by atoms with E-state index in [-0.39, 0.29) is 5.91 Å². The Morgan fingerprint density at radius 2 is 2.29 bits per heavy atom. The van der Waals surface area contributed by atoms with Crippen LogP contribution in [0.3, 0.4) is 0 Å². The fraction of sp³-hybridized carbons (Fsp3) is 0.300. The highest BCUT2D eigenvalue weighted by molar-refractivity contribution is 6.30. The van der Waals surface area contributed by atoms with Gasteiger partial charge in [0.2, 0.25) is 5.91 Å². The van der Waals surface area contributed by atoms with Crippen molar-refractivity contribution < 1.29 is 4.79 Å². The Balaban J connectivity index is 2.24. The lowest BCUT2D eigenvalue weighted by molar-refractivity contribution is -0.120. The molecule has 3 nitrogen and oxygen atoms in total. The molecule has 0 saturated carbocycles. The van der Waals surface area contributed by atoms with E-state index in [1.807, 2.05) is 12.1 Å². The molecular weight excluding hydrogens is 200 g/mol. The largest absolute Gasteiger partial charge is 0.273 e. The Labute approximate surface area is 87.6 Å². The highest BCUT2D eigenvalue weighted by Crippen LogP contribution is 2.20. The van der Waals surface area contributed by atoms with E-state index in [0.29, 0.717) is 11.4 Å². The molecule has 1 amide bonds. The quantitative estimate of drug-likeness (QED) is 0.769. The summed E-state index contributed by atoms with van der Waals surface area (Å²) in [6.45, 7) is 0.832. The summed E-state index contributed by atoms with van der Waals surface area (Å²) in [4.78, 5) is 11.5. The first-order valence-electron chi connectivity index (χ1n) is 4.59. The molecular formula is C10H11ClN2O. The molecule has 0 radical (unpaired) electrons. The first-order valence-corrected chi connectivity index (χ1v) is 4.97. The molecule has 4 heteroatoms. The number of nitrogens with one attached hydrogen (secondary N) is 1. The second-order valence-corrected chi connectivity index (χ2v) is 3.66. The van der Waals surface area contributed by atoms with E-state index in [1.165, 1.54) is 0 Å². The SMILES string of the molecule is O=C1CCCNN1c1cccc(Cl)c1. The molecule has 0 aliphatic carbocycles. The topological polar surface area (TPSA) is 32.3 Å². The van der Waals surface area contributed by atoms with Crippen LogP contribution in [-0.2, 0) is 4.79 Å². The Morgan fingerprint density at radius 3 is 3.00 bits per heavy atom. The monoisotopic (exact) mass is 210 g/mol. The maximum Gasteiger partial charge on any atom is 0.241 e. The van der Waals surface area contributed by atoms with Crippen molar-refractivity contribution in [3.63, 3.8) is 0 Å². The summed E-state index contributed by atoms with van der Waals surface area (Å²) in [5.41, 5.74) is 3.85. The molecule has 1 aromatic carbocycles. The van der Waals surface area contributed by atoms with Gasteiger partial charge >= 0.3 is 0 Å². The summed E-state index contributed by atoms with van der Waals surface area (Å²) in [6.07, 6.45) is 1.50. The fourth-order valence-electron chi connectivity index (χ4n) is 1.48. The van der Waals surface area contributed by atoms with Crippen molar-refractivity contribution in [3.05, 3.63) is 29.3 Å². The van der Waals surface area contributed by atoms with Crippen LogP contribution in [0.15, 0.2) is 24.3 Å². The van der Waals surface area contributed by atoms with E-state index in [9.17, 15) is 4.79 Å². The molecule has 1 aliphatic heterocycles. The van der Waals surface area contributed by atoms with Crippen LogP contribution in [0.25, 0.3) is 0 Å². The van der Waals surface area contributed by atoms with E-state index in [4.69, 9.17) is 11.6 Å². The molecule has 0 aromatic heterocycles. The van der Waals surface area contributed by atoms with Crippen molar-refractivity contribution >= 4 is 23.2 Å². The van der Waals surface area contributed by atoms with Crippen molar-refractivity contribution in [2.75, 3.05) is 11.6 Å². The van der Waals surface area contributed by atoms with Gasteiger partial charge in [-0.05, 0) is 24.6 Å². The van der Waals surface area contributed by atoms with Crippen molar-refractivity contribution in [2.45, 2.75) is 12.8 Å². The van der Waals surface area contributed by atoms with Gasteiger partial charge in [-0.15, -0.1) is 0 Å². The minimum Gasteiger partial charge on any atom is -0.273 e. The van der Waals surface area contributed by atoms with Crippen LogP contribution in [0.5, 0.6) is 0 Å². The van der Waals surface area contributed by atoms with Crippen LogP contribution in [0, 0.1) is 0 Å². The lowest BCUT2D eigenvalue weighted by atomic mass is 10.2. The van der Waals surface area contributed by atoms with Gasteiger partial charge in [-0.1, -0.05) is 17.7 Å². The number of anilines is 1. The van der Waals surface area contributed by atoms with E-state index in [0.717, 1.165) is 18.7 Å². The number of benzene rings is 1. The maximum atomic E-state index is 11.5. The number of hydrazine groups is 1. The van der Waals surface area contributed by atoms with E-state index < -0.39 is 0 Å². The van der Waals surface area contributed by atoms with Crippen molar-refractivity contribution in [1.29, 1.82) is 0 Å². The molecule has 1 aliphatic rings. The van der Waals surface area contributed by atoms with Crippen molar-refractivity contribution in [2.24, 2.45) is 0 Å². The minimum absolute atomic E-state index is 0.0958. The second kappa shape index (κ2) is 3.98. The van der Waals surface area contributed by atoms with E-state index >= 15 is 0 Å². The number of halogens is 1. The molecule has 0 spiro atoms. The zero-order valence-electron chi connectivity index (χ0n) is 7.66. The van der Waals surface area contributed by atoms with E-state index in [1.54, 1.807) is 17.1 Å². The van der Waals surface area contributed by atoms with Crippen LogP contribution in [-0.4, -0.2) is 12.5 Å². The third kappa shape index (κ3) is 1.89. The lowest BCUT2D eigenvalue weighted by Crippen LogP contribution is -2.47. The molecule has 2 rings (SSSR count). The standard InChI is InChI=1S/C10H11ClN2O/c11-8-3-1-4-9(7-8)13-10(14)5-2-6-12-13/h1,3-4,7,12H,2,5-6H2. The third-order valence-corrected chi connectivity index (χ3v) is 2.39. The molecule has 1 saturated heterocycles. The normalized spacial score (nSPS) is 17.2. The first-order chi connectivity index (χ1) is 6.77. The fourth-order valence-corrected chi connectivity index (χ4v) is 1.67. The van der Waals surface area contributed by atoms with Gasteiger partial charge in [0.05, 0.1) is 5.69 Å². The summed E-state index contributed by atoms with van der Waals surface area (Å²) in [7, 11) is 0. The molecule has 1 aromatic rings. The third-order valence-electron chi connectivity index (χ3n) is 2.15. The Kier molecular flexibility index (Phi) is 2.70. The van der Waals surface area contributed by atoms with Crippen LogP contribution < -0.4 is 10.4 Å². The number of hydrogen-bond acceptors (Lipinski definition) is 2. The van der Waals surface area contributed by atoms with Gasteiger partial charge in [-0.3, -0.25) is 4.79 Å². The molecule has 0 bridgehead atoms. The van der Waals surface area contributed by atoms with Gasteiger partial charge in [-0.25, -0.2) is 10.4 Å². The number of nitrogens with zero attached hydrogens (tertiary/aromatic N) is 1. The predicted molar refractivity (Wildman–Crippen MR) is 56.2 cm³/mol. The molecule has 0 atom stereocenters. The number of carbonyl (C=O) groups is 1. The highest BCUT2D eigenvalue weighted by Gasteiger charge is 2.18. The highest BCUT2D eigenvalue weighted by atomic mass is 35.5. The van der Waals surface area contributed by atoms with Crippen LogP contribution in [0.1, 0.15) is 12.8 Å². The summed E-state index contributed by atoms with van der Waals surface area (Å²) < 4.78 is 0. The average molecular weight is 211 g/mol. The zero-order valence-corrected chi connectivity index (χ0v) is 8.42. The summed E-state index contributed by atoms with van der Waals surface area (Å²) >= 11 is 5.85. The summed E-state index contributed by atoms with van der Waals surface area (Å²) in [6, 6.07) is 7.26. The molecule has 0 unspecified atom stereocenters. The van der Waals surface area contributed by atoms with Gasteiger partial charge in [0.25, 0.3) is 0 Å². The first kappa shape index (κ1) is 9.49. The van der Waals surface area contributed by atoms with E-state index in [2.05, 4.69) is 5.43 Å². The molecule has 1 fully saturated rings. The molecule has 14 heavy (non-hydrogen) atoms. The van der Waals surface area contributed by atoms with Crippen LogP contribution in [0.2, 0.25) is 5.02 Å². The second-order valence-electron chi connectivity index (χ2n) is 3.22. The Morgan fingerprint density at radius 1 is 1.43 bits per heavy atom. The van der Waals surface area contributed by atoms with Crippen molar-refractivity contribution in [3.8, 4) is 0 Å². The summed E-state index contributed by atoms with van der Waals surface area (Å²) in [5, 5.41) is 2.21. The van der Waals surface area contributed by atoms with Gasteiger partial charge in [-0.2, -0.15) is 0 Å². The van der Waals surface area contributed by atoms with Gasteiger partial charge in [0.15, 0.2) is 0 Å².